The molecule has 2 heterocycles. The number of hydrogen-bond donors (Lipinski definition) is 1. The number of carbonyl (C=O) groups is 1. The van der Waals surface area contributed by atoms with Gasteiger partial charge in [-0.1, -0.05) is 13.8 Å². The van der Waals surface area contributed by atoms with Gasteiger partial charge in [-0.2, -0.15) is 0 Å². The first-order chi connectivity index (χ1) is 8.58. The van der Waals surface area contributed by atoms with Crippen molar-refractivity contribution in [1.82, 2.24) is 9.97 Å². The van der Waals surface area contributed by atoms with Crippen molar-refractivity contribution < 1.29 is 9.21 Å². The minimum atomic E-state index is -0.262. The van der Waals surface area contributed by atoms with Crippen molar-refractivity contribution in [3.05, 3.63) is 41.9 Å². The molecule has 0 atom stereocenters. The van der Waals surface area contributed by atoms with Crippen LogP contribution >= 0.6 is 0 Å². The van der Waals surface area contributed by atoms with E-state index in [2.05, 4.69) is 15.3 Å². The lowest BCUT2D eigenvalue weighted by atomic mass is 10.1. The Morgan fingerprint density at radius 3 is 2.61 bits per heavy atom. The van der Waals surface area contributed by atoms with E-state index >= 15 is 0 Å². The summed E-state index contributed by atoms with van der Waals surface area (Å²) < 4.78 is 5.45. The minimum Gasteiger partial charge on any atom is -0.445 e. The predicted molar refractivity (Wildman–Crippen MR) is 67.5 cm³/mol. The SMILES string of the molecule is Cc1nc(C(=O)Nc2ccncc2)c(C(C)C)o1. The van der Waals surface area contributed by atoms with Crippen LogP contribution in [0.1, 0.15) is 41.9 Å². The van der Waals surface area contributed by atoms with Crippen molar-refractivity contribution in [3.63, 3.8) is 0 Å². The van der Waals surface area contributed by atoms with Crippen LogP contribution in [0.2, 0.25) is 0 Å². The summed E-state index contributed by atoms with van der Waals surface area (Å²) in [5.74, 6) is 0.962. The maximum atomic E-state index is 12.1. The van der Waals surface area contributed by atoms with Gasteiger partial charge in [-0.25, -0.2) is 4.98 Å². The number of aryl methyl sites for hydroxylation is 1. The molecule has 2 aromatic rings. The first-order valence-corrected chi connectivity index (χ1v) is 5.76. The molecule has 94 valence electrons. The van der Waals surface area contributed by atoms with Crippen LogP contribution in [0.3, 0.4) is 0 Å². The number of carbonyl (C=O) groups excluding carboxylic acids is 1. The van der Waals surface area contributed by atoms with Crippen molar-refractivity contribution >= 4 is 11.6 Å². The van der Waals surface area contributed by atoms with Crippen LogP contribution in [0.25, 0.3) is 0 Å². The van der Waals surface area contributed by atoms with Crippen LogP contribution in [0.5, 0.6) is 0 Å². The van der Waals surface area contributed by atoms with Crippen molar-refractivity contribution in [2.75, 3.05) is 5.32 Å². The van der Waals surface area contributed by atoms with Crippen molar-refractivity contribution in [2.24, 2.45) is 0 Å². The maximum absolute atomic E-state index is 12.1. The largest absolute Gasteiger partial charge is 0.445 e. The van der Waals surface area contributed by atoms with E-state index < -0.39 is 0 Å². The fourth-order valence-electron chi connectivity index (χ4n) is 1.62. The zero-order valence-electron chi connectivity index (χ0n) is 10.6. The van der Waals surface area contributed by atoms with Gasteiger partial charge in [0.15, 0.2) is 11.6 Å². The van der Waals surface area contributed by atoms with Gasteiger partial charge in [-0.15, -0.1) is 0 Å². The zero-order chi connectivity index (χ0) is 13.1. The van der Waals surface area contributed by atoms with Crippen LogP contribution in [-0.2, 0) is 0 Å². The molecule has 2 aromatic heterocycles. The third-order valence-electron chi connectivity index (χ3n) is 2.44. The highest BCUT2D eigenvalue weighted by molar-refractivity contribution is 6.03. The molecule has 1 amide bonds. The Labute approximate surface area is 105 Å². The molecule has 1 N–H and O–H groups in total. The van der Waals surface area contributed by atoms with E-state index in [4.69, 9.17) is 4.42 Å². The monoisotopic (exact) mass is 245 g/mol. The molecule has 0 saturated carbocycles. The van der Waals surface area contributed by atoms with Crippen molar-refractivity contribution in [2.45, 2.75) is 26.7 Å². The van der Waals surface area contributed by atoms with Crippen LogP contribution in [0.4, 0.5) is 5.69 Å². The summed E-state index contributed by atoms with van der Waals surface area (Å²) in [6, 6.07) is 3.44. The van der Waals surface area contributed by atoms with Gasteiger partial charge in [-0.3, -0.25) is 9.78 Å². The Hall–Kier alpha value is -2.17. The molecule has 2 rings (SSSR count). The average Bonchev–Trinajstić information content (AvgIpc) is 2.73. The molecule has 5 heteroatoms. The summed E-state index contributed by atoms with van der Waals surface area (Å²) in [6.45, 7) is 5.65. The highest BCUT2D eigenvalue weighted by atomic mass is 16.4. The fourth-order valence-corrected chi connectivity index (χ4v) is 1.62. The lowest BCUT2D eigenvalue weighted by Gasteiger charge is -2.05. The van der Waals surface area contributed by atoms with E-state index in [1.807, 2.05) is 13.8 Å². The molecule has 18 heavy (non-hydrogen) atoms. The normalized spacial score (nSPS) is 10.7. The first kappa shape index (κ1) is 12.3. The molecule has 0 bridgehead atoms. The second-order valence-electron chi connectivity index (χ2n) is 4.29. The van der Waals surface area contributed by atoms with Gasteiger partial charge in [0, 0.05) is 30.9 Å². The molecule has 0 aliphatic rings. The molecule has 5 nitrogen and oxygen atoms in total. The summed E-state index contributed by atoms with van der Waals surface area (Å²) in [5, 5.41) is 2.77. The number of pyridine rings is 1. The Kier molecular flexibility index (Phi) is 3.41. The molecule has 0 fully saturated rings. The summed E-state index contributed by atoms with van der Waals surface area (Å²) >= 11 is 0. The van der Waals surface area contributed by atoms with Crippen LogP contribution in [0.15, 0.2) is 28.9 Å². The molecule has 0 saturated heterocycles. The number of anilines is 1. The molecule has 0 aliphatic heterocycles. The topological polar surface area (TPSA) is 68.0 Å². The molecule has 0 radical (unpaired) electrons. The number of hydrogen-bond acceptors (Lipinski definition) is 4. The third kappa shape index (κ3) is 2.56. The Morgan fingerprint density at radius 1 is 1.33 bits per heavy atom. The van der Waals surface area contributed by atoms with Crippen molar-refractivity contribution in [1.29, 1.82) is 0 Å². The van der Waals surface area contributed by atoms with E-state index in [0.717, 1.165) is 0 Å². The molecular weight excluding hydrogens is 230 g/mol. The lowest BCUT2D eigenvalue weighted by Crippen LogP contribution is -2.14. The number of rotatable bonds is 3. The molecular formula is C13H15N3O2. The maximum Gasteiger partial charge on any atom is 0.277 e. The summed E-state index contributed by atoms with van der Waals surface area (Å²) in [6.07, 6.45) is 3.24. The van der Waals surface area contributed by atoms with Gasteiger partial charge in [0.25, 0.3) is 5.91 Å². The van der Waals surface area contributed by atoms with Gasteiger partial charge in [0.2, 0.25) is 0 Å². The van der Waals surface area contributed by atoms with Gasteiger partial charge in [-0.05, 0) is 12.1 Å². The third-order valence-corrected chi connectivity index (χ3v) is 2.44. The van der Waals surface area contributed by atoms with Gasteiger partial charge in [0.1, 0.15) is 5.76 Å². The number of nitrogens with one attached hydrogen (secondary N) is 1. The van der Waals surface area contributed by atoms with Crippen LogP contribution in [0, 0.1) is 6.92 Å². The highest BCUT2D eigenvalue weighted by Crippen LogP contribution is 2.21. The number of aromatic nitrogens is 2. The molecule has 0 aromatic carbocycles. The van der Waals surface area contributed by atoms with E-state index in [9.17, 15) is 4.79 Å². The Morgan fingerprint density at radius 2 is 2.00 bits per heavy atom. The van der Waals surface area contributed by atoms with E-state index in [1.165, 1.54) is 0 Å². The second kappa shape index (κ2) is 5.00. The zero-order valence-corrected chi connectivity index (χ0v) is 10.6. The summed E-state index contributed by atoms with van der Waals surface area (Å²) in [4.78, 5) is 20.1. The van der Waals surface area contributed by atoms with Crippen LogP contribution in [-0.4, -0.2) is 15.9 Å². The Balaban J connectivity index is 2.24. The lowest BCUT2D eigenvalue weighted by molar-refractivity contribution is 0.102. The fraction of sp³-hybridized carbons (Fsp3) is 0.308. The van der Waals surface area contributed by atoms with Gasteiger partial charge < -0.3 is 9.73 Å². The van der Waals surface area contributed by atoms with Gasteiger partial charge in [0.05, 0.1) is 0 Å². The summed E-state index contributed by atoms with van der Waals surface area (Å²) in [5.41, 5.74) is 1.03. The molecule has 0 unspecified atom stereocenters. The molecule has 0 aliphatic carbocycles. The standard InChI is InChI=1S/C13H15N3O2/c1-8(2)12-11(15-9(3)18-12)13(17)16-10-4-6-14-7-5-10/h4-8H,1-3H3,(H,14,16,17). The molecule has 0 spiro atoms. The van der Waals surface area contributed by atoms with E-state index in [0.29, 0.717) is 23.0 Å². The number of amides is 1. The first-order valence-electron chi connectivity index (χ1n) is 5.76. The highest BCUT2D eigenvalue weighted by Gasteiger charge is 2.20. The number of oxazole rings is 1. The smallest absolute Gasteiger partial charge is 0.277 e. The van der Waals surface area contributed by atoms with E-state index in [1.54, 1.807) is 31.5 Å². The van der Waals surface area contributed by atoms with Crippen molar-refractivity contribution in [3.8, 4) is 0 Å². The van der Waals surface area contributed by atoms with E-state index in [-0.39, 0.29) is 11.8 Å². The number of nitrogens with zero attached hydrogens (tertiary/aromatic N) is 2. The quantitative estimate of drug-likeness (QED) is 0.902. The van der Waals surface area contributed by atoms with Crippen LogP contribution < -0.4 is 5.32 Å². The average molecular weight is 245 g/mol. The summed E-state index contributed by atoms with van der Waals surface area (Å²) in [7, 11) is 0. The Bertz CT molecular complexity index is 547. The predicted octanol–water partition coefficient (Wildman–Crippen LogP) is 2.75. The minimum absolute atomic E-state index is 0.115. The second-order valence-corrected chi connectivity index (χ2v) is 4.29. The van der Waals surface area contributed by atoms with Gasteiger partial charge >= 0.3 is 0 Å².